The van der Waals surface area contributed by atoms with E-state index >= 15 is 0 Å². The van der Waals surface area contributed by atoms with Crippen LogP contribution in [0.25, 0.3) is 0 Å². The average Bonchev–Trinajstić information content (AvgIpc) is 2.65. The molecule has 1 fully saturated rings. The van der Waals surface area contributed by atoms with Gasteiger partial charge in [0.25, 0.3) is 0 Å². The van der Waals surface area contributed by atoms with E-state index < -0.39 is 10.0 Å². The third-order valence-corrected chi connectivity index (χ3v) is 5.66. The Morgan fingerprint density at radius 1 is 1.29 bits per heavy atom. The standard InChI is InChI=1S/C19H32N4O3S.HI/c1-3-20-19(22-14-17-8-6-7-16(2)13-17)21-10-12-27(24,25)23-15-18-9-4-5-11-26-18;/h6-8,13,18,23H,3-5,9-12,14-15H2,1-2H3,(H2,20,21,22);1H. The molecule has 1 aliphatic rings. The molecule has 0 radical (unpaired) electrons. The molecule has 0 aromatic heterocycles. The van der Waals surface area contributed by atoms with E-state index in [2.05, 4.69) is 26.4 Å². The van der Waals surface area contributed by atoms with Gasteiger partial charge in [-0.05, 0) is 38.7 Å². The molecule has 1 atom stereocenters. The van der Waals surface area contributed by atoms with Gasteiger partial charge >= 0.3 is 0 Å². The molecule has 2 rings (SSSR count). The summed E-state index contributed by atoms with van der Waals surface area (Å²) >= 11 is 0. The van der Waals surface area contributed by atoms with Gasteiger partial charge in [-0.3, -0.25) is 0 Å². The quantitative estimate of drug-likeness (QED) is 0.262. The number of sulfonamides is 1. The summed E-state index contributed by atoms with van der Waals surface area (Å²) in [5.74, 6) is 0.610. The van der Waals surface area contributed by atoms with Crippen LogP contribution in [-0.4, -0.2) is 52.5 Å². The Morgan fingerprint density at radius 3 is 2.79 bits per heavy atom. The first-order chi connectivity index (χ1) is 13.0. The molecule has 3 N–H and O–H groups in total. The lowest BCUT2D eigenvalue weighted by Gasteiger charge is -2.22. The SMILES string of the molecule is CCNC(=NCc1cccc(C)c1)NCCS(=O)(=O)NCC1CCCCO1.I. The van der Waals surface area contributed by atoms with Crippen LogP contribution in [-0.2, 0) is 21.3 Å². The summed E-state index contributed by atoms with van der Waals surface area (Å²) in [6.45, 7) is 6.64. The first-order valence-corrected chi connectivity index (χ1v) is 11.3. The van der Waals surface area contributed by atoms with Gasteiger partial charge in [0.15, 0.2) is 5.96 Å². The van der Waals surface area contributed by atoms with Gasteiger partial charge < -0.3 is 15.4 Å². The van der Waals surface area contributed by atoms with Crippen molar-refractivity contribution in [1.82, 2.24) is 15.4 Å². The summed E-state index contributed by atoms with van der Waals surface area (Å²) in [6, 6.07) is 8.18. The topological polar surface area (TPSA) is 91.8 Å². The fourth-order valence-electron chi connectivity index (χ4n) is 2.89. The number of hydrogen-bond acceptors (Lipinski definition) is 4. The monoisotopic (exact) mass is 524 g/mol. The largest absolute Gasteiger partial charge is 0.377 e. The number of guanidine groups is 1. The molecule has 9 heteroatoms. The Bertz CT molecular complexity index is 707. The minimum Gasteiger partial charge on any atom is -0.377 e. The molecule has 1 saturated heterocycles. The first kappa shape index (κ1) is 25.1. The third-order valence-electron chi connectivity index (χ3n) is 4.31. The van der Waals surface area contributed by atoms with Gasteiger partial charge in [-0.1, -0.05) is 29.8 Å². The van der Waals surface area contributed by atoms with Crippen LogP contribution in [0.5, 0.6) is 0 Å². The number of nitrogens with one attached hydrogen (secondary N) is 3. The van der Waals surface area contributed by atoms with Crippen LogP contribution in [0.15, 0.2) is 29.3 Å². The number of halogens is 1. The molecule has 1 heterocycles. The van der Waals surface area contributed by atoms with Gasteiger partial charge in [0.1, 0.15) is 0 Å². The summed E-state index contributed by atoms with van der Waals surface area (Å²) < 4.78 is 32.5. The van der Waals surface area contributed by atoms with Gasteiger partial charge in [0, 0.05) is 26.2 Å². The number of rotatable bonds is 9. The van der Waals surface area contributed by atoms with E-state index in [4.69, 9.17) is 4.74 Å². The van der Waals surface area contributed by atoms with Gasteiger partial charge in [-0.2, -0.15) is 0 Å². The van der Waals surface area contributed by atoms with Crippen LogP contribution >= 0.6 is 24.0 Å². The highest BCUT2D eigenvalue weighted by Gasteiger charge is 2.17. The summed E-state index contributed by atoms with van der Waals surface area (Å²) in [6.07, 6.45) is 3.06. The van der Waals surface area contributed by atoms with Crippen LogP contribution in [0.1, 0.15) is 37.3 Å². The zero-order valence-corrected chi connectivity index (χ0v) is 19.9. The summed E-state index contributed by atoms with van der Waals surface area (Å²) in [4.78, 5) is 4.52. The number of benzene rings is 1. The molecule has 0 saturated carbocycles. The van der Waals surface area contributed by atoms with Gasteiger partial charge in [0.05, 0.1) is 18.4 Å². The molecular weight excluding hydrogens is 491 g/mol. The van der Waals surface area contributed by atoms with Crippen LogP contribution in [0.2, 0.25) is 0 Å². The lowest BCUT2D eigenvalue weighted by atomic mass is 10.1. The van der Waals surface area contributed by atoms with Crippen molar-refractivity contribution < 1.29 is 13.2 Å². The predicted octanol–water partition coefficient (Wildman–Crippen LogP) is 2.16. The van der Waals surface area contributed by atoms with Crippen molar-refractivity contribution in [2.24, 2.45) is 4.99 Å². The second-order valence-corrected chi connectivity index (χ2v) is 8.69. The highest BCUT2D eigenvalue weighted by Crippen LogP contribution is 2.11. The molecule has 1 aromatic rings. The fraction of sp³-hybridized carbons (Fsp3) is 0.632. The van der Waals surface area contributed by atoms with Crippen molar-refractivity contribution in [2.45, 2.75) is 45.8 Å². The lowest BCUT2D eigenvalue weighted by Crippen LogP contribution is -2.42. The second kappa shape index (κ2) is 13.3. The summed E-state index contributed by atoms with van der Waals surface area (Å²) in [5, 5.41) is 6.23. The van der Waals surface area contributed by atoms with Crippen LogP contribution in [0.3, 0.4) is 0 Å². The molecule has 0 bridgehead atoms. The Balaban J connectivity index is 0.00000392. The highest BCUT2D eigenvalue weighted by molar-refractivity contribution is 14.0. The van der Waals surface area contributed by atoms with Crippen LogP contribution < -0.4 is 15.4 Å². The minimum atomic E-state index is -3.34. The van der Waals surface area contributed by atoms with E-state index in [1.165, 1.54) is 5.56 Å². The molecule has 28 heavy (non-hydrogen) atoms. The Hall–Kier alpha value is -0.910. The van der Waals surface area contributed by atoms with Crippen molar-refractivity contribution >= 4 is 40.0 Å². The second-order valence-electron chi connectivity index (χ2n) is 6.77. The van der Waals surface area contributed by atoms with E-state index in [0.717, 1.165) is 31.4 Å². The van der Waals surface area contributed by atoms with Gasteiger partial charge in [0.2, 0.25) is 10.0 Å². The molecular formula is C19H33IN4O3S. The smallest absolute Gasteiger partial charge is 0.213 e. The van der Waals surface area contributed by atoms with E-state index in [1.54, 1.807) is 0 Å². The number of aryl methyl sites for hydroxylation is 1. The van der Waals surface area contributed by atoms with E-state index in [9.17, 15) is 8.42 Å². The average molecular weight is 524 g/mol. The normalized spacial score (nSPS) is 17.6. The number of hydrogen-bond donors (Lipinski definition) is 3. The number of nitrogens with zero attached hydrogens (tertiary/aromatic N) is 1. The van der Waals surface area contributed by atoms with Crippen molar-refractivity contribution in [3.8, 4) is 0 Å². The van der Waals surface area contributed by atoms with Crippen molar-refractivity contribution in [3.05, 3.63) is 35.4 Å². The van der Waals surface area contributed by atoms with Crippen LogP contribution in [0, 0.1) is 6.92 Å². The number of aliphatic imine (C=N–C) groups is 1. The lowest BCUT2D eigenvalue weighted by molar-refractivity contribution is 0.0200. The first-order valence-electron chi connectivity index (χ1n) is 9.65. The minimum absolute atomic E-state index is 0. The Labute approximate surface area is 186 Å². The molecule has 1 unspecified atom stereocenters. The zero-order chi connectivity index (χ0) is 19.5. The molecule has 0 spiro atoms. The predicted molar refractivity (Wildman–Crippen MR) is 125 cm³/mol. The van der Waals surface area contributed by atoms with Crippen molar-refractivity contribution in [3.63, 3.8) is 0 Å². The molecule has 7 nitrogen and oxygen atoms in total. The molecule has 0 amide bonds. The van der Waals surface area contributed by atoms with E-state index in [0.29, 0.717) is 32.1 Å². The fourth-order valence-corrected chi connectivity index (χ4v) is 3.84. The van der Waals surface area contributed by atoms with Crippen LogP contribution in [0.4, 0.5) is 0 Å². The maximum Gasteiger partial charge on any atom is 0.213 e. The number of ether oxygens (including phenoxy) is 1. The Kier molecular flexibility index (Phi) is 12.0. The van der Waals surface area contributed by atoms with Gasteiger partial charge in [-0.25, -0.2) is 18.1 Å². The summed E-state index contributed by atoms with van der Waals surface area (Å²) in [7, 11) is -3.34. The van der Waals surface area contributed by atoms with Crippen molar-refractivity contribution in [1.29, 1.82) is 0 Å². The molecule has 1 aromatic carbocycles. The summed E-state index contributed by atoms with van der Waals surface area (Å²) in [5.41, 5.74) is 2.31. The maximum atomic E-state index is 12.2. The maximum absolute atomic E-state index is 12.2. The highest BCUT2D eigenvalue weighted by atomic mass is 127. The van der Waals surface area contributed by atoms with Gasteiger partial charge in [-0.15, -0.1) is 24.0 Å². The van der Waals surface area contributed by atoms with Crippen molar-refractivity contribution in [2.75, 3.05) is 32.0 Å². The Morgan fingerprint density at radius 2 is 2.11 bits per heavy atom. The third kappa shape index (κ3) is 10.0. The zero-order valence-electron chi connectivity index (χ0n) is 16.7. The van der Waals surface area contributed by atoms with E-state index in [-0.39, 0.29) is 35.8 Å². The molecule has 0 aliphatic carbocycles. The molecule has 1 aliphatic heterocycles. The van der Waals surface area contributed by atoms with E-state index in [1.807, 2.05) is 32.0 Å². The molecule has 160 valence electrons.